The summed E-state index contributed by atoms with van der Waals surface area (Å²) >= 11 is 13.0. The van der Waals surface area contributed by atoms with Gasteiger partial charge in [-0.25, -0.2) is 8.42 Å². The molecule has 1 heterocycles. The first kappa shape index (κ1) is 25.4. The zero-order valence-corrected chi connectivity index (χ0v) is 20.4. The standard InChI is InChI=1S/C23H19Cl2F3N2O4S/c1-2-35(32,33)13-9-7-12(8-10-13)21(31)22-29-16-11-15(24)18(19(25)20(16)30-22)14-5-3-4-6-17(14)34-23(26,27)28/h3-11,21-22,29-31H,2H2,1H3. The molecular weight excluding hydrogens is 528 g/mol. The van der Waals surface area contributed by atoms with Gasteiger partial charge in [0.15, 0.2) is 9.84 Å². The van der Waals surface area contributed by atoms with Crippen LogP contribution in [0.4, 0.5) is 24.5 Å². The van der Waals surface area contributed by atoms with E-state index in [2.05, 4.69) is 15.4 Å². The molecule has 0 spiro atoms. The lowest BCUT2D eigenvalue weighted by Gasteiger charge is -2.20. The van der Waals surface area contributed by atoms with E-state index in [4.69, 9.17) is 23.2 Å². The Labute approximate surface area is 209 Å². The van der Waals surface area contributed by atoms with Crippen molar-refractivity contribution in [1.29, 1.82) is 0 Å². The molecule has 3 N–H and O–H groups in total. The molecule has 1 aliphatic rings. The van der Waals surface area contributed by atoms with Gasteiger partial charge in [0.2, 0.25) is 0 Å². The van der Waals surface area contributed by atoms with Crippen LogP contribution in [0.1, 0.15) is 18.6 Å². The predicted octanol–water partition coefficient (Wildman–Crippen LogP) is 6.25. The minimum Gasteiger partial charge on any atom is -0.405 e. The molecule has 186 valence electrons. The molecule has 2 atom stereocenters. The molecule has 4 rings (SSSR count). The lowest BCUT2D eigenvalue weighted by molar-refractivity contribution is -0.274. The number of aliphatic hydroxyl groups excluding tert-OH is 1. The van der Waals surface area contributed by atoms with Crippen molar-refractivity contribution in [2.75, 3.05) is 16.4 Å². The SMILES string of the molecule is CCS(=O)(=O)c1ccc(C(O)C2Nc3cc(Cl)c(-c4ccccc4OC(F)(F)F)c(Cl)c3N2)cc1. The van der Waals surface area contributed by atoms with Gasteiger partial charge in [-0.1, -0.05) is 60.5 Å². The Morgan fingerprint density at radius 2 is 1.74 bits per heavy atom. The van der Waals surface area contributed by atoms with Crippen LogP contribution < -0.4 is 15.4 Å². The second kappa shape index (κ2) is 9.42. The molecule has 35 heavy (non-hydrogen) atoms. The monoisotopic (exact) mass is 546 g/mol. The second-order valence-electron chi connectivity index (χ2n) is 7.70. The summed E-state index contributed by atoms with van der Waals surface area (Å²) in [6.07, 6.45) is -6.81. The third-order valence-electron chi connectivity index (χ3n) is 5.49. The minimum absolute atomic E-state index is 0.0392. The number of fused-ring (bicyclic) bond motifs is 1. The molecule has 12 heteroatoms. The predicted molar refractivity (Wildman–Crippen MR) is 129 cm³/mol. The van der Waals surface area contributed by atoms with Gasteiger partial charge in [-0.05, 0) is 29.8 Å². The Balaban J connectivity index is 1.64. The molecule has 0 saturated carbocycles. The summed E-state index contributed by atoms with van der Waals surface area (Å²) in [7, 11) is -3.39. The molecule has 6 nitrogen and oxygen atoms in total. The van der Waals surface area contributed by atoms with Gasteiger partial charge in [-0.3, -0.25) is 0 Å². The van der Waals surface area contributed by atoms with E-state index in [-0.39, 0.29) is 31.8 Å². The normalized spacial score (nSPS) is 16.3. The molecule has 0 radical (unpaired) electrons. The third kappa shape index (κ3) is 5.16. The molecule has 0 fully saturated rings. The highest BCUT2D eigenvalue weighted by Gasteiger charge is 2.34. The van der Waals surface area contributed by atoms with E-state index in [0.717, 1.165) is 6.07 Å². The van der Waals surface area contributed by atoms with Crippen molar-refractivity contribution in [1.82, 2.24) is 0 Å². The number of para-hydroxylation sites is 1. The minimum atomic E-state index is -4.91. The zero-order valence-electron chi connectivity index (χ0n) is 18.0. The van der Waals surface area contributed by atoms with Crippen LogP contribution in [0.2, 0.25) is 10.0 Å². The Morgan fingerprint density at radius 1 is 1.09 bits per heavy atom. The number of hydrogen-bond donors (Lipinski definition) is 3. The fraction of sp³-hybridized carbons (Fsp3) is 0.217. The van der Waals surface area contributed by atoms with Crippen LogP contribution in [0.5, 0.6) is 5.75 Å². The molecule has 0 bridgehead atoms. The fourth-order valence-electron chi connectivity index (χ4n) is 3.76. The number of alkyl halides is 3. The van der Waals surface area contributed by atoms with Crippen LogP contribution in [-0.4, -0.2) is 31.8 Å². The Bertz CT molecular complexity index is 1370. The van der Waals surface area contributed by atoms with Crippen molar-refractivity contribution in [2.45, 2.75) is 30.5 Å². The van der Waals surface area contributed by atoms with Crippen LogP contribution in [0.3, 0.4) is 0 Å². The summed E-state index contributed by atoms with van der Waals surface area (Å²) in [5, 5.41) is 17.1. The van der Waals surface area contributed by atoms with Crippen molar-refractivity contribution in [3.05, 3.63) is 70.2 Å². The summed E-state index contributed by atoms with van der Waals surface area (Å²) in [5.41, 5.74) is 1.38. The van der Waals surface area contributed by atoms with Gasteiger partial charge in [0, 0.05) is 11.1 Å². The van der Waals surface area contributed by atoms with Gasteiger partial charge in [-0.15, -0.1) is 13.2 Å². The lowest BCUT2D eigenvalue weighted by atomic mass is 10.0. The van der Waals surface area contributed by atoms with Crippen LogP contribution in [0, 0.1) is 0 Å². The molecule has 2 unspecified atom stereocenters. The molecule has 0 saturated heterocycles. The first-order valence-corrected chi connectivity index (χ1v) is 12.7. The van der Waals surface area contributed by atoms with Crippen LogP contribution >= 0.6 is 23.2 Å². The van der Waals surface area contributed by atoms with E-state index in [0.29, 0.717) is 16.9 Å². The molecular formula is C23H19Cl2F3N2O4S. The maximum Gasteiger partial charge on any atom is 0.573 e. The van der Waals surface area contributed by atoms with Crippen molar-refractivity contribution in [3.8, 4) is 16.9 Å². The summed E-state index contributed by atoms with van der Waals surface area (Å²) in [4.78, 5) is 0.144. The van der Waals surface area contributed by atoms with Gasteiger partial charge in [0.25, 0.3) is 0 Å². The first-order valence-electron chi connectivity index (χ1n) is 10.3. The summed E-state index contributed by atoms with van der Waals surface area (Å²) < 4.78 is 66.9. The van der Waals surface area contributed by atoms with Gasteiger partial charge >= 0.3 is 6.36 Å². The summed E-state index contributed by atoms with van der Waals surface area (Å²) in [5.74, 6) is -0.511. The van der Waals surface area contributed by atoms with E-state index in [1.165, 1.54) is 48.5 Å². The number of hydrogen-bond acceptors (Lipinski definition) is 6. The quantitative estimate of drug-likeness (QED) is 0.338. The molecule has 3 aromatic carbocycles. The molecule has 0 aliphatic carbocycles. The van der Waals surface area contributed by atoms with Crippen LogP contribution in [-0.2, 0) is 9.84 Å². The largest absolute Gasteiger partial charge is 0.573 e. The van der Waals surface area contributed by atoms with E-state index < -0.39 is 34.2 Å². The van der Waals surface area contributed by atoms with Crippen LogP contribution in [0.15, 0.2) is 59.5 Å². The number of benzene rings is 3. The van der Waals surface area contributed by atoms with Crippen molar-refractivity contribution in [2.24, 2.45) is 0 Å². The third-order valence-corrected chi connectivity index (χ3v) is 7.91. The topological polar surface area (TPSA) is 87.7 Å². The summed E-state index contributed by atoms with van der Waals surface area (Å²) in [6.45, 7) is 1.54. The first-order chi connectivity index (χ1) is 16.4. The number of rotatable bonds is 6. The molecule has 0 amide bonds. The average molecular weight is 547 g/mol. The Kier molecular flexibility index (Phi) is 6.85. The smallest absolute Gasteiger partial charge is 0.405 e. The number of sulfone groups is 1. The van der Waals surface area contributed by atoms with Gasteiger partial charge in [0.1, 0.15) is 18.0 Å². The highest BCUT2D eigenvalue weighted by atomic mass is 35.5. The van der Waals surface area contributed by atoms with E-state index >= 15 is 0 Å². The maximum absolute atomic E-state index is 12.9. The van der Waals surface area contributed by atoms with Gasteiger partial charge < -0.3 is 20.5 Å². The highest BCUT2D eigenvalue weighted by molar-refractivity contribution is 7.91. The van der Waals surface area contributed by atoms with Gasteiger partial charge in [-0.2, -0.15) is 0 Å². The van der Waals surface area contributed by atoms with Crippen LogP contribution in [0.25, 0.3) is 11.1 Å². The van der Waals surface area contributed by atoms with E-state index in [9.17, 15) is 26.7 Å². The van der Waals surface area contributed by atoms with E-state index in [1.54, 1.807) is 6.92 Å². The number of anilines is 2. The summed E-state index contributed by atoms with van der Waals surface area (Å²) in [6, 6.07) is 12.8. The number of halogens is 5. The number of aliphatic hydroxyl groups is 1. The molecule has 0 aromatic heterocycles. The van der Waals surface area contributed by atoms with Crippen molar-refractivity contribution in [3.63, 3.8) is 0 Å². The molecule has 1 aliphatic heterocycles. The second-order valence-corrected chi connectivity index (χ2v) is 10.8. The average Bonchev–Trinajstić information content (AvgIpc) is 3.23. The number of nitrogens with one attached hydrogen (secondary N) is 2. The lowest BCUT2D eigenvalue weighted by Crippen LogP contribution is -2.30. The maximum atomic E-state index is 12.9. The number of ether oxygens (including phenoxy) is 1. The Hall–Kier alpha value is -2.66. The van der Waals surface area contributed by atoms with E-state index in [1.807, 2.05) is 0 Å². The van der Waals surface area contributed by atoms with Gasteiger partial charge in [0.05, 0.1) is 32.1 Å². The highest BCUT2D eigenvalue weighted by Crippen LogP contribution is 2.49. The Morgan fingerprint density at radius 3 is 2.37 bits per heavy atom. The molecule has 3 aromatic rings. The zero-order chi connectivity index (χ0) is 25.5. The fourth-order valence-corrected chi connectivity index (χ4v) is 5.35. The van der Waals surface area contributed by atoms with Crippen molar-refractivity contribution >= 4 is 44.4 Å². The van der Waals surface area contributed by atoms with Crippen molar-refractivity contribution < 1.29 is 31.4 Å².